The molecule has 0 saturated heterocycles. The van der Waals surface area contributed by atoms with Crippen LogP contribution in [0.3, 0.4) is 0 Å². The number of amides is 1. The van der Waals surface area contributed by atoms with Gasteiger partial charge in [-0.2, -0.15) is 0 Å². The van der Waals surface area contributed by atoms with Crippen molar-refractivity contribution in [1.82, 2.24) is 9.55 Å². The highest BCUT2D eigenvalue weighted by atomic mass is 35.5. The summed E-state index contributed by atoms with van der Waals surface area (Å²) >= 11 is 13.0. The molecule has 0 aliphatic carbocycles. The number of aromatic carboxylic acids is 1. The standard InChI is InChI=1S/C22H15Cl2N3O4S/c1-11-2-4-12(5-3-11)19-26-20-18(16(10-32-20)22(30)31)21(29)27(19)9-17(28)25-15-7-13(23)6-14(24)8-15/h2-8,10H,9H2,1H3,(H,25,28)(H,30,31). The number of rotatable bonds is 5. The molecule has 4 aromatic rings. The fraction of sp³-hybridized carbons (Fsp3) is 0.0909. The molecule has 2 aromatic heterocycles. The number of benzene rings is 2. The zero-order valence-electron chi connectivity index (χ0n) is 16.6. The first kappa shape index (κ1) is 22.0. The smallest absolute Gasteiger partial charge is 0.337 e. The molecule has 1 amide bonds. The number of carboxylic acid groups (broad SMARTS) is 1. The number of nitrogens with one attached hydrogen (secondary N) is 1. The predicted molar refractivity (Wildman–Crippen MR) is 126 cm³/mol. The summed E-state index contributed by atoms with van der Waals surface area (Å²) < 4.78 is 1.17. The monoisotopic (exact) mass is 487 g/mol. The zero-order valence-corrected chi connectivity index (χ0v) is 18.9. The average Bonchev–Trinajstić information content (AvgIpc) is 3.14. The molecule has 0 fully saturated rings. The summed E-state index contributed by atoms with van der Waals surface area (Å²) in [6.45, 7) is 1.54. The van der Waals surface area contributed by atoms with Crippen molar-refractivity contribution in [3.8, 4) is 11.4 Å². The molecular weight excluding hydrogens is 473 g/mol. The molecule has 4 rings (SSSR count). The van der Waals surface area contributed by atoms with Crippen LogP contribution < -0.4 is 10.9 Å². The first-order valence-corrected chi connectivity index (χ1v) is 10.9. The fourth-order valence-electron chi connectivity index (χ4n) is 3.22. The first-order valence-electron chi connectivity index (χ1n) is 9.31. The molecule has 2 heterocycles. The average molecular weight is 488 g/mol. The van der Waals surface area contributed by atoms with Gasteiger partial charge < -0.3 is 10.4 Å². The first-order chi connectivity index (χ1) is 15.2. The molecule has 0 unspecified atom stereocenters. The second kappa shape index (κ2) is 8.74. The SMILES string of the molecule is Cc1ccc(-c2nc3scc(C(=O)O)c3c(=O)n2CC(=O)Nc2cc(Cl)cc(Cl)c2)cc1. The number of hydrogen-bond donors (Lipinski definition) is 2. The van der Waals surface area contributed by atoms with Gasteiger partial charge in [0.1, 0.15) is 17.2 Å². The molecule has 0 spiro atoms. The molecule has 162 valence electrons. The number of carbonyl (C=O) groups is 2. The summed E-state index contributed by atoms with van der Waals surface area (Å²) in [6.07, 6.45) is 0. The van der Waals surface area contributed by atoms with E-state index >= 15 is 0 Å². The third-order valence-corrected chi connectivity index (χ3v) is 5.99. The maximum Gasteiger partial charge on any atom is 0.337 e. The normalized spacial score (nSPS) is 11.0. The number of thiophene rings is 1. The fourth-order valence-corrected chi connectivity index (χ4v) is 4.65. The van der Waals surface area contributed by atoms with Crippen LogP contribution in [0.4, 0.5) is 5.69 Å². The van der Waals surface area contributed by atoms with Crippen LogP contribution in [0, 0.1) is 6.92 Å². The summed E-state index contributed by atoms with van der Waals surface area (Å²) in [5.41, 5.74) is 1.26. The number of halogens is 2. The summed E-state index contributed by atoms with van der Waals surface area (Å²) in [5.74, 6) is -1.49. The number of nitrogens with zero attached hydrogens (tertiary/aromatic N) is 2. The summed E-state index contributed by atoms with van der Waals surface area (Å²) in [6, 6.07) is 11.9. The Labute approximate surface area is 195 Å². The molecule has 2 N–H and O–H groups in total. The van der Waals surface area contributed by atoms with Gasteiger partial charge in [-0.05, 0) is 25.1 Å². The van der Waals surface area contributed by atoms with Gasteiger partial charge in [-0.1, -0.05) is 53.0 Å². The molecule has 0 radical (unpaired) electrons. The Morgan fingerprint density at radius 1 is 1.12 bits per heavy atom. The number of anilines is 1. The lowest BCUT2D eigenvalue weighted by Crippen LogP contribution is -2.30. The quantitative estimate of drug-likeness (QED) is 0.408. The number of hydrogen-bond acceptors (Lipinski definition) is 5. The molecule has 0 saturated carbocycles. The Balaban J connectivity index is 1.82. The Kier molecular flexibility index (Phi) is 6.01. The lowest BCUT2D eigenvalue weighted by atomic mass is 10.1. The van der Waals surface area contributed by atoms with E-state index in [0.717, 1.165) is 16.9 Å². The molecule has 2 aromatic carbocycles. The van der Waals surface area contributed by atoms with Crippen molar-refractivity contribution in [2.75, 3.05) is 5.32 Å². The minimum absolute atomic E-state index is 0.0306. The number of aromatic nitrogens is 2. The van der Waals surface area contributed by atoms with Crippen LogP contribution in [0.25, 0.3) is 21.6 Å². The van der Waals surface area contributed by atoms with E-state index in [1.807, 2.05) is 19.1 Å². The van der Waals surface area contributed by atoms with E-state index in [9.17, 15) is 19.5 Å². The van der Waals surface area contributed by atoms with Crippen LogP contribution in [0.2, 0.25) is 10.0 Å². The molecule has 10 heteroatoms. The lowest BCUT2D eigenvalue weighted by molar-refractivity contribution is -0.116. The van der Waals surface area contributed by atoms with Crippen LogP contribution in [0.5, 0.6) is 0 Å². The summed E-state index contributed by atoms with van der Waals surface area (Å²) in [4.78, 5) is 42.5. The van der Waals surface area contributed by atoms with E-state index in [4.69, 9.17) is 23.2 Å². The van der Waals surface area contributed by atoms with Gasteiger partial charge in [0.05, 0.1) is 10.9 Å². The van der Waals surface area contributed by atoms with Crippen LogP contribution >= 0.6 is 34.5 Å². The number of aryl methyl sites for hydroxylation is 1. The zero-order chi connectivity index (χ0) is 23.0. The minimum atomic E-state index is -1.23. The second-order valence-electron chi connectivity index (χ2n) is 7.03. The van der Waals surface area contributed by atoms with Crippen LogP contribution in [0.1, 0.15) is 15.9 Å². The van der Waals surface area contributed by atoms with Crippen LogP contribution in [0.15, 0.2) is 52.6 Å². The number of carboxylic acids is 1. The van der Waals surface area contributed by atoms with E-state index in [0.29, 0.717) is 26.1 Å². The van der Waals surface area contributed by atoms with Gasteiger partial charge in [0, 0.05) is 26.7 Å². The van der Waals surface area contributed by atoms with Crippen molar-refractivity contribution in [2.45, 2.75) is 13.5 Å². The van der Waals surface area contributed by atoms with Crippen molar-refractivity contribution in [3.05, 3.63) is 79.4 Å². The van der Waals surface area contributed by atoms with Crippen molar-refractivity contribution in [3.63, 3.8) is 0 Å². The molecule has 0 aliphatic heterocycles. The predicted octanol–water partition coefficient (Wildman–Crippen LogP) is 5.08. The van der Waals surface area contributed by atoms with E-state index in [-0.39, 0.29) is 23.3 Å². The Hall–Kier alpha value is -3.20. The summed E-state index contributed by atoms with van der Waals surface area (Å²) in [7, 11) is 0. The lowest BCUT2D eigenvalue weighted by Gasteiger charge is -2.13. The van der Waals surface area contributed by atoms with Crippen molar-refractivity contribution in [2.24, 2.45) is 0 Å². The highest BCUT2D eigenvalue weighted by Gasteiger charge is 2.21. The largest absolute Gasteiger partial charge is 0.478 e. The highest BCUT2D eigenvalue weighted by Crippen LogP contribution is 2.26. The second-order valence-corrected chi connectivity index (χ2v) is 8.76. The van der Waals surface area contributed by atoms with Gasteiger partial charge in [-0.15, -0.1) is 11.3 Å². The van der Waals surface area contributed by atoms with Crippen molar-refractivity contribution < 1.29 is 14.7 Å². The van der Waals surface area contributed by atoms with E-state index < -0.39 is 17.4 Å². The summed E-state index contributed by atoms with van der Waals surface area (Å²) in [5, 5.41) is 14.1. The number of carbonyl (C=O) groups excluding carboxylic acids is 1. The van der Waals surface area contributed by atoms with E-state index in [2.05, 4.69) is 10.3 Å². The Morgan fingerprint density at radius 2 is 1.78 bits per heavy atom. The van der Waals surface area contributed by atoms with Crippen molar-refractivity contribution in [1.29, 1.82) is 0 Å². The van der Waals surface area contributed by atoms with Gasteiger partial charge in [-0.3, -0.25) is 14.2 Å². The van der Waals surface area contributed by atoms with Crippen LogP contribution in [-0.4, -0.2) is 26.5 Å². The molecule has 0 aliphatic rings. The molecular formula is C22H15Cl2N3O4S. The van der Waals surface area contributed by atoms with Gasteiger partial charge in [0.2, 0.25) is 5.91 Å². The topological polar surface area (TPSA) is 101 Å². The van der Waals surface area contributed by atoms with Gasteiger partial charge >= 0.3 is 5.97 Å². The number of fused-ring (bicyclic) bond motifs is 1. The van der Waals surface area contributed by atoms with E-state index in [1.54, 1.807) is 12.1 Å². The Bertz CT molecular complexity index is 1410. The van der Waals surface area contributed by atoms with Gasteiger partial charge in [0.15, 0.2) is 0 Å². The Morgan fingerprint density at radius 3 is 2.41 bits per heavy atom. The maximum atomic E-state index is 13.3. The van der Waals surface area contributed by atoms with E-state index in [1.165, 1.54) is 28.1 Å². The van der Waals surface area contributed by atoms with Crippen LogP contribution in [-0.2, 0) is 11.3 Å². The van der Waals surface area contributed by atoms with Gasteiger partial charge in [-0.25, -0.2) is 9.78 Å². The molecule has 32 heavy (non-hydrogen) atoms. The molecule has 0 atom stereocenters. The maximum absolute atomic E-state index is 13.3. The highest BCUT2D eigenvalue weighted by molar-refractivity contribution is 7.17. The minimum Gasteiger partial charge on any atom is -0.478 e. The third-order valence-electron chi connectivity index (χ3n) is 4.68. The molecule has 7 nitrogen and oxygen atoms in total. The third kappa shape index (κ3) is 4.38. The van der Waals surface area contributed by atoms with Gasteiger partial charge in [0.25, 0.3) is 5.56 Å². The molecule has 0 bridgehead atoms. The van der Waals surface area contributed by atoms with Crippen molar-refractivity contribution >= 4 is 62.3 Å².